The Morgan fingerprint density at radius 2 is 1.52 bits per heavy atom. The maximum atomic E-state index is 14.2. The Morgan fingerprint density at radius 3 is 2.15 bits per heavy atom. The van der Waals surface area contributed by atoms with E-state index in [0.717, 1.165) is 29.5 Å². The summed E-state index contributed by atoms with van der Waals surface area (Å²) in [4.78, 5) is 29.0. The van der Waals surface area contributed by atoms with Crippen LogP contribution in [0.15, 0.2) is 83.8 Å². The maximum absolute atomic E-state index is 14.2. The first-order valence-corrected chi connectivity index (χ1v) is 15.4. The minimum Gasteiger partial charge on any atom is -0.354 e. The highest BCUT2D eigenvalue weighted by molar-refractivity contribution is 7.92. The van der Waals surface area contributed by atoms with E-state index in [1.165, 1.54) is 21.3 Å². The molecular formula is C32H41N3O4S. The van der Waals surface area contributed by atoms with E-state index in [1.807, 2.05) is 64.1 Å². The number of unbranched alkanes of at least 4 members (excludes halogenated alkanes) is 1. The first kappa shape index (κ1) is 30.9. The number of nitrogens with one attached hydrogen (secondary N) is 1. The van der Waals surface area contributed by atoms with Crippen molar-refractivity contribution in [3.8, 4) is 0 Å². The molecule has 1 atom stereocenters. The van der Waals surface area contributed by atoms with Crippen molar-refractivity contribution >= 4 is 27.5 Å². The molecule has 2 amide bonds. The van der Waals surface area contributed by atoms with Crippen molar-refractivity contribution in [3.63, 3.8) is 0 Å². The van der Waals surface area contributed by atoms with Crippen molar-refractivity contribution in [2.45, 2.75) is 70.9 Å². The predicted molar refractivity (Wildman–Crippen MR) is 161 cm³/mol. The number of para-hydroxylation sites is 1. The predicted octanol–water partition coefficient (Wildman–Crippen LogP) is 5.48. The second kappa shape index (κ2) is 14.7. The van der Waals surface area contributed by atoms with Crippen LogP contribution in [0.1, 0.15) is 56.7 Å². The molecule has 0 aromatic heterocycles. The summed E-state index contributed by atoms with van der Waals surface area (Å²) >= 11 is 0. The normalized spacial score (nSPS) is 12.0. The topological polar surface area (TPSA) is 86.8 Å². The van der Waals surface area contributed by atoms with Crippen LogP contribution in [0, 0.1) is 6.92 Å². The van der Waals surface area contributed by atoms with Gasteiger partial charge in [0.05, 0.1) is 10.6 Å². The van der Waals surface area contributed by atoms with Crippen LogP contribution in [-0.4, -0.2) is 44.3 Å². The van der Waals surface area contributed by atoms with E-state index in [-0.39, 0.29) is 17.3 Å². The number of hydrogen-bond acceptors (Lipinski definition) is 4. The number of nitrogens with zero attached hydrogens (tertiary/aromatic N) is 2. The molecule has 1 unspecified atom stereocenters. The molecule has 3 aromatic carbocycles. The molecule has 214 valence electrons. The van der Waals surface area contributed by atoms with Crippen molar-refractivity contribution in [1.29, 1.82) is 0 Å². The molecule has 0 bridgehead atoms. The van der Waals surface area contributed by atoms with Crippen molar-refractivity contribution in [2.24, 2.45) is 0 Å². The molecule has 0 spiro atoms. The summed E-state index contributed by atoms with van der Waals surface area (Å²) in [5.41, 5.74) is 3.22. The Hall–Kier alpha value is -3.65. The van der Waals surface area contributed by atoms with E-state index in [2.05, 4.69) is 5.32 Å². The zero-order valence-electron chi connectivity index (χ0n) is 24.0. The summed E-state index contributed by atoms with van der Waals surface area (Å²) in [6.45, 7) is 8.13. The number of amides is 2. The van der Waals surface area contributed by atoms with E-state index in [9.17, 15) is 18.0 Å². The van der Waals surface area contributed by atoms with Crippen molar-refractivity contribution in [1.82, 2.24) is 10.2 Å². The van der Waals surface area contributed by atoms with Crippen molar-refractivity contribution in [2.75, 3.05) is 17.4 Å². The van der Waals surface area contributed by atoms with Crippen LogP contribution in [0.4, 0.5) is 5.69 Å². The lowest BCUT2D eigenvalue weighted by Gasteiger charge is -2.33. The van der Waals surface area contributed by atoms with Gasteiger partial charge in [0.25, 0.3) is 10.0 Å². The van der Waals surface area contributed by atoms with E-state index < -0.39 is 28.5 Å². The van der Waals surface area contributed by atoms with Gasteiger partial charge >= 0.3 is 0 Å². The lowest BCUT2D eigenvalue weighted by molar-refractivity contribution is -0.140. The number of carbonyl (C=O) groups excluding carboxylic acids is 2. The van der Waals surface area contributed by atoms with Crippen molar-refractivity contribution in [3.05, 3.63) is 95.6 Å². The number of hydrogen-bond donors (Lipinski definition) is 1. The average Bonchev–Trinajstić information content (AvgIpc) is 2.97. The molecule has 1 N–H and O–H groups in total. The number of rotatable bonds is 14. The molecule has 0 saturated heterocycles. The number of sulfonamides is 1. The van der Waals surface area contributed by atoms with Gasteiger partial charge in [0.2, 0.25) is 11.8 Å². The molecule has 0 aliphatic rings. The highest BCUT2D eigenvalue weighted by Crippen LogP contribution is 2.28. The van der Waals surface area contributed by atoms with E-state index in [1.54, 1.807) is 30.3 Å². The van der Waals surface area contributed by atoms with Gasteiger partial charge in [-0.2, -0.15) is 0 Å². The smallest absolute Gasteiger partial charge is 0.264 e. The maximum Gasteiger partial charge on any atom is 0.264 e. The van der Waals surface area contributed by atoms with Gasteiger partial charge < -0.3 is 10.2 Å². The summed E-state index contributed by atoms with van der Waals surface area (Å²) in [6.07, 6.45) is 2.76. The minimum atomic E-state index is -4.08. The van der Waals surface area contributed by atoms with Gasteiger partial charge in [0.15, 0.2) is 0 Å². The SMILES string of the molecule is CCCCNC(=O)C(CC)N(Cc1ccc(C)cc1)C(=O)CN(c1ccccc1CC)S(=O)(=O)c1ccccc1. The third kappa shape index (κ3) is 7.72. The van der Waals surface area contributed by atoms with E-state index in [4.69, 9.17) is 0 Å². The molecule has 0 aliphatic heterocycles. The molecule has 40 heavy (non-hydrogen) atoms. The third-order valence-corrected chi connectivity index (χ3v) is 8.71. The fourth-order valence-corrected chi connectivity index (χ4v) is 6.07. The van der Waals surface area contributed by atoms with E-state index in [0.29, 0.717) is 25.1 Å². The second-order valence-electron chi connectivity index (χ2n) is 9.88. The summed E-state index contributed by atoms with van der Waals surface area (Å²) in [5.74, 6) is -0.675. The highest BCUT2D eigenvalue weighted by atomic mass is 32.2. The number of benzene rings is 3. The standard InChI is InChI=1S/C32H41N3O4S/c1-5-8-22-33-32(37)29(7-3)34(23-26-20-18-25(4)19-21-26)31(36)24-35(30-17-13-12-14-27(30)6-2)40(38,39)28-15-10-9-11-16-28/h9-21,29H,5-8,22-24H2,1-4H3,(H,33,37). The zero-order valence-corrected chi connectivity index (χ0v) is 24.8. The lowest BCUT2D eigenvalue weighted by Crippen LogP contribution is -2.52. The number of carbonyl (C=O) groups is 2. The van der Waals surface area contributed by atoms with E-state index >= 15 is 0 Å². The molecule has 0 saturated carbocycles. The van der Waals surface area contributed by atoms with Gasteiger partial charge in [0, 0.05) is 13.1 Å². The van der Waals surface area contributed by atoms with Gasteiger partial charge in [0.1, 0.15) is 12.6 Å². The first-order chi connectivity index (χ1) is 19.2. The number of aryl methyl sites for hydroxylation is 2. The van der Waals surface area contributed by atoms with Gasteiger partial charge in [-0.25, -0.2) is 8.42 Å². The van der Waals surface area contributed by atoms with Crippen LogP contribution in [0.25, 0.3) is 0 Å². The fourth-order valence-electron chi connectivity index (χ4n) is 4.60. The molecule has 0 aliphatic carbocycles. The minimum absolute atomic E-state index is 0.100. The Morgan fingerprint density at radius 1 is 0.875 bits per heavy atom. The Labute approximate surface area is 239 Å². The summed E-state index contributed by atoms with van der Waals surface area (Å²) in [7, 11) is -4.08. The van der Waals surface area contributed by atoms with Gasteiger partial charge in [-0.1, -0.05) is 93.4 Å². The molecule has 7 nitrogen and oxygen atoms in total. The highest BCUT2D eigenvalue weighted by Gasteiger charge is 2.34. The quantitative estimate of drug-likeness (QED) is 0.263. The monoisotopic (exact) mass is 563 g/mol. The molecule has 0 heterocycles. The van der Waals surface area contributed by atoms with Gasteiger partial charge in [-0.15, -0.1) is 0 Å². The average molecular weight is 564 g/mol. The van der Waals surface area contributed by atoms with Crippen LogP contribution in [0.3, 0.4) is 0 Å². The summed E-state index contributed by atoms with van der Waals surface area (Å²) in [5, 5.41) is 2.96. The van der Waals surface area contributed by atoms with Crippen LogP contribution in [-0.2, 0) is 32.6 Å². The van der Waals surface area contributed by atoms with Crippen molar-refractivity contribution < 1.29 is 18.0 Å². The Balaban J connectivity index is 2.05. The van der Waals surface area contributed by atoms with Crippen LogP contribution < -0.4 is 9.62 Å². The molecular weight excluding hydrogens is 522 g/mol. The summed E-state index contributed by atoms with van der Waals surface area (Å²) in [6, 6.07) is 22.4. The van der Waals surface area contributed by atoms with Crippen LogP contribution in [0.2, 0.25) is 0 Å². The fraction of sp³-hybridized carbons (Fsp3) is 0.375. The van der Waals surface area contributed by atoms with Gasteiger partial charge in [-0.05, 0) is 55.5 Å². The number of anilines is 1. The second-order valence-corrected chi connectivity index (χ2v) is 11.7. The van der Waals surface area contributed by atoms with Crippen LogP contribution in [0.5, 0.6) is 0 Å². The first-order valence-electron chi connectivity index (χ1n) is 14.0. The third-order valence-electron chi connectivity index (χ3n) is 6.94. The lowest BCUT2D eigenvalue weighted by atomic mass is 10.1. The summed E-state index contributed by atoms with van der Waals surface area (Å²) < 4.78 is 29.1. The zero-order chi connectivity index (χ0) is 29.1. The Kier molecular flexibility index (Phi) is 11.3. The van der Waals surface area contributed by atoms with Crippen LogP contribution >= 0.6 is 0 Å². The van der Waals surface area contributed by atoms with Gasteiger partial charge in [-0.3, -0.25) is 13.9 Å². The molecule has 0 fully saturated rings. The largest absolute Gasteiger partial charge is 0.354 e. The molecule has 8 heteroatoms. The molecule has 3 aromatic rings. The molecule has 0 radical (unpaired) electrons. The molecule has 3 rings (SSSR count). The Bertz CT molecular complexity index is 1360.